The molecule has 0 aromatic carbocycles. The lowest BCUT2D eigenvalue weighted by Gasteiger charge is -2.14. The van der Waals surface area contributed by atoms with E-state index in [9.17, 15) is 9.59 Å². The Morgan fingerprint density at radius 3 is 2.69 bits per heavy atom. The van der Waals surface area contributed by atoms with E-state index in [0.29, 0.717) is 24.3 Å². The molecule has 4 N–H and O–H groups in total. The number of amides is 2. The first-order chi connectivity index (χ1) is 7.59. The van der Waals surface area contributed by atoms with Gasteiger partial charge in [0.25, 0.3) is 0 Å². The second-order valence-electron chi connectivity index (χ2n) is 3.65. The van der Waals surface area contributed by atoms with Gasteiger partial charge < -0.3 is 11.5 Å². The van der Waals surface area contributed by atoms with Crippen LogP contribution >= 0.6 is 0 Å². The fourth-order valence-electron chi connectivity index (χ4n) is 1.62. The van der Waals surface area contributed by atoms with Crippen LogP contribution in [0.3, 0.4) is 0 Å². The molecule has 6 nitrogen and oxygen atoms in total. The highest BCUT2D eigenvalue weighted by atomic mass is 16.2. The third kappa shape index (κ3) is 1.74. The normalized spacial score (nSPS) is 20.2. The molecule has 84 valence electrons. The number of carbonyl (C=O) groups excluding carboxylic acids is 2. The highest BCUT2D eigenvalue weighted by molar-refractivity contribution is 5.99. The fraction of sp³-hybridized carbons (Fsp3) is 0.300. The summed E-state index contributed by atoms with van der Waals surface area (Å²) in [6.07, 6.45) is 1.98. The number of carbonyl (C=O) groups is 2. The predicted octanol–water partition coefficient (Wildman–Crippen LogP) is -0.756. The molecule has 16 heavy (non-hydrogen) atoms. The van der Waals surface area contributed by atoms with Gasteiger partial charge in [-0.1, -0.05) is 0 Å². The molecule has 1 aliphatic rings. The van der Waals surface area contributed by atoms with Crippen LogP contribution in [0.4, 0.5) is 5.82 Å². The van der Waals surface area contributed by atoms with Gasteiger partial charge >= 0.3 is 0 Å². The number of nitrogens with zero attached hydrogens (tertiary/aromatic N) is 2. The third-order valence-corrected chi connectivity index (χ3v) is 2.56. The topological polar surface area (TPSA) is 102 Å². The highest BCUT2D eigenvalue weighted by Crippen LogP contribution is 2.18. The average Bonchev–Trinajstić information content (AvgIpc) is 2.60. The number of pyridine rings is 1. The Kier molecular flexibility index (Phi) is 2.57. The van der Waals surface area contributed by atoms with Crippen molar-refractivity contribution in [2.75, 3.05) is 11.4 Å². The number of hydrogen-bond acceptors (Lipinski definition) is 4. The minimum atomic E-state index is -0.538. The molecule has 0 unspecified atom stereocenters. The number of nitrogens with two attached hydrogens (primary N) is 2. The Morgan fingerprint density at radius 2 is 2.25 bits per heavy atom. The van der Waals surface area contributed by atoms with Crippen LogP contribution in [0.25, 0.3) is 0 Å². The largest absolute Gasteiger partial charge is 0.366 e. The number of aromatic nitrogens is 1. The molecule has 1 atom stereocenters. The van der Waals surface area contributed by atoms with Crippen molar-refractivity contribution in [3.05, 3.63) is 23.9 Å². The van der Waals surface area contributed by atoms with Gasteiger partial charge in [-0.3, -0.25) is 14.5 Å². The molecule has 2 heterocycles. The van der Waals surface area contributed by atoms with Crippen LogP contribution in [0, 0.1) is 0 Å². The smallest absolute Gasteiger partial charge is 0.250 e. The summed E-state index contributed by atoms with van der Waals surface area (Å²) < 4.78 is 0. The summed E-state index contributed by atoms with van der Waals surface area (Å²) in [5.74, 6) is -0.175. The number of hydrogen-bond donors (Lipinski definition) is 2. The molecule has 1 saturated heterocycles. The summed E-state index contributed by atoms with van der Waals surface area (Å²) in [6.45, 7) is 0.558. The second kappa shape index (κ2) is 3.90. The Hall–Kier alpha value is -1.95. The fourth-order valence-corrected chi connectivity index (χ4v) is 1.62. The van der Waals surface area contributed by atoms with Gasteiger partial charge in [0.15, 0.2) is 0 Å². The van der Waals surface area contributed by atoms with Gasteiger partial charge in [0.2, 0.25) is 11.8 Å². The monoisotopic (exact) mass is 220 g/mol. The molecule has 0 spiro atoms. The Bertz CT molecular complexity index is 429. The number of primary amides is 1. The lowest BCUT2D eigenvalue weighted by Crippen LogP contribution is -2.34. The van der Waals surface area contributed by atoms with Crippen LogP contribution in [0.5, 0.6) is 0 Å². The zero-order valence-corrected chi connectivity index (χ0v) is 8.59. The van der Waals surface area contributed by atoms with Gasteiger partial charge in [0.05, 0.1) is 11.6 Å². The maximum absolute atomic E-state index is 11.6. The zero-order valence-electron chi connectivity index (χ0n) is 8.59. The van der Waals surface area contributed by atoms with Gasteiger partial charge in [-0.25, -0.2) is 4.98 Å². The number of anilines is 1. The van der Waals surface area contributed by atoms with E-state index in [1.165, 1.54) is 11.1 Å². The summed E-state index contributed by atoms with van der Waals surface area (Å²) in [5.41, 5.74) is 11.0. The van der Waals surface area contributed by atoms with Crippen molar-refractivity contribution < 1.29 is 9.59 Å². The molecule has 2 rings (SSSR count). The first-order valence-electron chi connectivity index (χ1n) is 4.92. The molecule has 0 radical (unpaired) electrons. The average molecular weight is 220 g/mol. The van der Waals surface area contributed by atoms with Crippen LogP contribution in [0.15, 0.2) is 18.3 Å². The molecule has 1 aliphatic heterocycles. The molecule has 2 amide bonds. The molecule has 1 aromatic rings. The van der Waals surface area contributed by atoms with E-state index in [2.05, 4.69) is 4.98 Å². The SMILES string of the molecule is NC(=O)c1ccc(N2CC[C@H](N)C2=O)nc1. The standard InChI is InChI=1S/C10H12N4O2/c11-7-3-4-14(10(7)16)8-2-1-6(5-13-8)9(12)15/h1-2,5,7H,3-4,11H2,(H2,12,15)/t7-/m0/s1. The van der Waals surface area contributed by atoms with E-state index < -0.39 is 11.9 Å². The summed E-state index contributed by atoms with van der Waals surface area (Å²) in [7, 11) is 0. The summed E-state index contributed by atoms with van der Waals surface area (Å²) >= 11 is 0. The van der Waals surface area contributed by atoms with E-state index >= 15 is 0 Å². The van der Waals surface area contributed by atoms with E-state index in [0.717, 1.165) is 0 Å². The Labute approximate surface area is 92.2 Å². The van der Waals surface area contributed by atoms with Crippen molar-refractivity contribution in [2.45, 2.75) is 12.5 Å². The Morgan fingerprint density at radius 1 is 1.50 bits per heavy atom. The van der Waals surface area contributed by atoms with Crippen LogP contribution in [0.2, 0.25) is 0 Å². The van der Waals surface area contributed by atoms with E-state index in [-0.39, 0.29) is 5.91 Å². The van der Waals surface area contributed by atoms with E-state index in [4.69, 9.17) is 11.5 Å². The van der Waals surface area contributed by atoms with Crippen molar-refractivity contribution in [2.24, 2.45) is 11.5 Å². The lowest BCUT2D eigenvalue weighted by atomic mass is 10.2. The zero-order chi connectivity index (χ0) is 11.7. The van der Waals surface area contributed by atoms with Crippen molar-refractivity contribution in [3.63, 3.8) is 0 Å². The molecule has 6 heteroatoms. The Balaban J connectivity index is 2.22. The van der Waals surface area contributed by atoms with E-state index in [1.54, 1.807) is 12.1 Å². The van der Waals surface area contributed by atoms with Gasteiger partial charge in [0, 0.05) is 12.7 Å². The maximum Gasteiger partial charge on any atom is 0.250 e. The predicted molar refractivity (Wildman–Crippen MR) is 57.7 cm³/mol. The summed E-state index contributed by atoms with van der Waals surface area (Å²) in [4.78, 5) is 28.0. The quantitative estimate of drug-likeness (QED) is 0.684. The van der Waals surface area contributed by atoms with Crippen LogP contribution in [-0.4, -0.2) is 29.4 Å². The van der Waals surface area contributed by atoms with Crippen LogP contribution < -0.4 is 16.4 Å². The third-order valence-electron chi connectivity index (χ3n) is 2.56. The van der Waals surface area contributed by atoms with Crippen molar-refractivity contribution in [1.82, 2.24) is 4.98 Å². The first-order valence-corrected chi connectivity index (χ1v) is 4.92. The first kappa shape index (κ1) is 10.6. The van der Waals surface area contributed by atoms with Gasteiger partial charge in [-0.15, -0.1) is 0 Å². The molecule has 1 fully saturated rings. The maximum atomic E-state index is 11.6. The lowest BCUT2D eigenvalue weighted by molar-refractivity contribution is -0.118. The van der Waals surface area contributed by atoms with Gasteiger partial charge in [-0.05, 0) is 18.6 Å². The van der Waals surface area contributed by atoms with Crippen molar-refractivity contribution in [1.29, 1.82) is 0 Å². The summed E-state index contributed by atoms with van der Waals surface area (Å²) in [6, 6.07) is 2.69. The molecular weight excluding hydrogens is 208 g/mol. The van der Waals surface area contributed by atoms with Crippen LogP contribution in [-0.2, 0) is 4.79 Å². The minimum Gasteiger partial charge on any atom is -0.366 e. The number of rotatable bonds is 2. The minimum absolute atomic E-state index is 0.140. The summed E-state index contributed by atoms with van der Waals surface area (Å²) in [5, 5.41) is 0. The van der Waals surface area contributed by atoms with Gasteiger partial charge in [0.1, 0.15) is 5.82 Å². The molecule has 0 aliphatic carbocycles. The van der Waals surface area contributed by atoms with Crippen LogP contribution in [0.1, 0.15) is 16.8 Å². The van der Waals surface area contributed by atoms with Crippen molar-refractivity contribution >= 4 is 17.6 Å². The second-order valence-corrected chi connectivity index (χ2v) is 3.65. The molecular formula is C10H12N4O2. The molecule has 0 bridgehead atoms. The molecule has 0 saturated carbocycles. The van der Waals surface area contributed by atoms with Crippen molar-refractivity contribution in [3.8, 4) is 0 Å². The molecule has 1 aromatic heterocycles. The van der Waals surface area contributed by atoms with Gasteiger partial charge in [-0.2, -0.15) is 0 Å². The van der Waals surface area contributed by atoms with E-state index in [1.807, 2.05) is 0 Å². The highest BCUT2D eigenvalue weighted by Gasteiger charge is 2.30.